The third-order valence-electron chi connectivity index (χ3n) is 3.00. The summed E-state index contributed by atoms with van der Waals surface area (Å²) in [7, 11) is 0. The zero-order valence-electron chi connectivity index (χ0n) is 11.3. The Bertz CT molecular complexity index is 480. The maximum atomic E-state index is 11.5. The summed E-state index contributed by atoms with van der Waals surface area (Å²) >= 11 is 6.15. The Balaban J connectivity index is 1.87. The van der Waals surface area contributed by atoms with Gasteiger partial charge in [-0.3, -0.25) is 4.79 Å². The van der Waals surface area contributed by atoms with Crippen LogP contribution in [0.2, 0.25) is 5.02 Å². The highest BCUT2D eigenvalue weighted by molar-refractivity contribution is 6.32. The van der Waals surface area contributed by atoms with Gasteiger partial charge in [-0.1, -0.05) is 11.6 Å². The first kappa shape index (κ1) is 14.9. The van der Waals surface area contributed by atoms with Gasteiger partial charge in [-0.15, -0.1) is 0 Å². The van der Waals surface area contributed by atoms with E-state index in [1.165, 1.54) is 0 Å². The Hall–Kier alpha value is -1.46. The number of hydrogen-bond donors (Lipinski definition) is 2. The molecule has 1 heterocycles. The first-order valence-corrected chi connectivity index (χ1v) is 7.13. The molecule has 0 radical (unpaired) electrons. The van der Waals surface area contributed by atoms with Crippen LogP contribution < -0.4 is 20.5 Å². The van der Waals surface area contributed by atoms with E-state index in [4.69, 9.17) is 26.8 Å². The smallest absolute Gasteiger partial charge is 0.220 e. The van der Waals surface area contributed by atoms with Crippen LogP contribution in [0.4, 0.5) is 0 Å². The van der Waals surface area contributed by atoms with Crippen molar-refractivity contribution in [2.24, 2.45) is 5.73 Å². The predicted molar refractivity (Wildman–Crippen MR) is 77.4 cm³/mol. The van der Waals surface area contributed by atoms with E-state index in [2.05, 4.69) is 5.32 Å². The number of fused-ring (bicyclic) bond motifs is 1. The molecule has 1 aliphatic rings. The predicted octanol–water partition coefficient (Wildman–Crippen LogP) is 1.51. The van der Waals surface area contributed by atoms with Gasteiger partial charge in [0.15, 0.2) is 11.5 Å². The van der Waals surface area contributed by atoms with E-state index >= 15 is 0 Å². The van der Waals surface area contributed by atoms with Gasteiger partial charge in [-0.05, 0) is 37.1 Å². The molecule has 1 aromatic rings. The molecule has 110 valence electrons. The SMILES string of the molecule is NCCCC(=O)NCCc1cc(Cl)c2c(c1)OCCO2. The third-order valence-corrected chi connectivity index (χ3v) is 3.28. The molecule has 0 saturated carbocycles. The second-order valence-corrected chi connectivity index (χ2v) is 5.00. The maximum absolute atomic E-state index is 11.5. The highest BCUT2D eigenvalue weighted by Crippen LogP contribution is 2.38. The molecule has 1 amide bonds. The number of amides is 1. The number of nitrogens with one attached hydrogen (secondary N) is 1. The number of benzene rings is 1. The van der Waals surface area contributed by atoms with E-state index in [-0.39, 0.29) is 5.91 Å². The average Bonchev–Trinajstić information content (AvgIpc) is 2.45. The van der Waals surface area contributed by atoms with Gasteiger partial charge < -0.3 is 20.5 Å². The van der Waals surface area contributed by atoms with Crippen molar-refractivity contribution in [2.75, 3.05) is 26.3 Å². The third kappa shape index (κ3) is 4.02. The fourth-order valence-corrected chi connectivity index (χ4v) is 2.29. The van der Waals surface area contributed by atoms with Crippen LogP contribution in [-0.2, 0) is 11.2 Å². The molecular weight excluding hydrogens is 280 g/mol. The molecule has 0 aliphatic carbocycles. The maximum Gasteiger partial charge on any atom is 0.220 e. The second-order valence-electron chi connectivity index (χ2n) is 4.59. The summed E-state index contributed by atoms with van der Waals surface area (Å²) in [5.41, 5.74) is 6.37. The van der Waals surface area contributed by atoms with Gasteiger partial charge >= 0.3 is 0 Å². The summed E-state index contributed by atoms with van der Waals surface area (Å²) in [4.78, 5) is 11.5. The topological polar surface area (TPSA) is 73.6 Å². The van der Waals surface area contributed by atoms with Crippen LogP contribution in [0.5, 0.6) is 11.5 Å². The van der Waals surface area contributed by atoms with E-state index in [9.17, 15) is 4.79 Å². The molecular formula is C14H19ClN2O3. The van der Waals surface area contributed by atoms with E-state index in [1.54, 1.807) is 0 Å². The highest BCUT2D eigenvalue weighted by atomic mass is 35.5. The highest BCUT2D eigenvalue weighted by Gasteiger charge is 2.16. The second kappa shape index (κ2) is 7.36. The fraction of sp³-hybridized carbons (Fsp3) is 0.500. The van der Waals surface area contributed by atoms with E-state index in [0.29, 0.717) is 62.1 Å². The summed E-state index contributed by atoms with van der Waals surface area (Å²) in [5.74, 6) is 1.31. The minimum atomic E-state index is 0.0269. The Morgan fingerprint density at radius 2 is 2.15 bits per heavy atom. The normalized spacial score (nSPS) is 13.1. The molecule has 20 heavy (non-hydrogen) atoms. The summed E-state index contributed by atoms with van der Waals surface area (Å²) in [6, 6.07) is 3.76. The van der Waals surface area contributed by atoms with Gasteiger partial charge in [0.25, 0.3) is 0 Å². The Morgan fingerprint density at radius 1 is 1.35 bits per heavy atom. The molecule has 0 fully saturated rings. The lowest BCUT2D eigenvalue weighted by molar-refractivity contribution is -0.121. The van der Waals surface area contributed by atoms with E-state index < -0.39 is 0 Å². The van der Waals surface area contributed by atoms with Crippen molar-refractivity contribution in [3.63, 3.8) is 0 Å². The molecule has 0 aromatic heterocycles. The molecule has 0 saturated heterocycles. The molecule has 0 unspecified atom stereocenters. The minimum Gasteiger partial charge on any atom is -0.486 e. The van der Waals surface area contributed by atoms with Crippen molar-refractivity contribution in [2.45, 2.75) is 19.3 Å². The quantitative estimate of drug-likeness (QED) is 0.835. The van der Waals surface area contributed by atoms with Crippen LogP contribution in [-0.4, -0.2) is 32.2 Å². The summed E-state index contributed by atoms with van der Waals surface area (Å²) < 4.78 is 11.0. The zero-order valence-corrected chi connectivity index (χ0v) is 12.0. The molecule has 6 heteroatoms. The Labute approximate surface area is 123 Å². The lowest BCUT2D eigenvalue weighted by atomic mass is 10.1. The standard InChI is InChI=1S/C14H19ClN2O3/c15-11-8-10(3-5-17-13(18)2-1-4-16)9-12-14(11)20-7-6-19-12/h8-9H,1-7,16H2,(H,17,18). The van der Waals surface area contributed by atoms with Crippen molar-refractivity contribution in [3.8, 4) is 11.5 Å². The van der Waals surface area contributed by atoms with Gasteiger partial charge in [-0.2, -0.15) is 0 Å². The molecule has 0 bridgehead atoms. The Morgan fingerprint density at radius 3 is 2.95 bits per heavy atom. The van der Waals surface area contributed by atoms with Crippen LogP contribution in [0.15, 0.2) is 12.1 Å². The molecule has 1 aromatic carbocycles. The van der Waals surface area contributed by atoms with Gasteiger partial charge in [-0.25, -0.2) is 0 Å². The van der Waals surface area contributed by atoms with Gasteiger partial charge in [0.2, 0.25) is 5.91 Å². The molecule has 0 spiro atoms. The summed E-state index contributed by atoms with van der Waals surface area (Å²) in [6.45, 7) is 2.15. The van der Waals surface area contributed by atoms with Crippen LogP contribution in [0.1, 0.15) is 18.4 Å². The van der Waals surface area contributed by atoms with Gasteiger partial charge in [0.05, 0.1) is 5.02 Å². The Kier molecular flexibility index (Phi) is 5.49. The van der Waals surface area contributed by atoms with Crippen LogP contribution in [0.3, 0.4) is 0 Å². The molecule has 3 N–H and O–H groups in total. The monoisotopic (exact) mass is 298 g/mol. The van der Waals surface area contributed by atoms with Crippen LogP contribution >= 0.6 is 11.6 Å². The van der Waals surface area contributed by atoms with Crippen molar-refractivity contribution >= 4 is 17.5 Å². The van der Waals surface area contributed by atoms with Crippen molar-refractivity contribution in [1.29, 1.82) is 0 Å². The minimum absolute atomic E-state index is 0.0269. The van der Waals surface area contributed by atoms with Crippen molar-refractivity contribution in [1.82, 2.24) is 5.32 Å². The zero-order chi connectivity index (χ0) is 14.4. The number of ether oxygens (including phenoxy) is 2. The van der Waals surface area contributed by atoms with E-state index in [0.717, 1.165) is 5.56 Å². The first-order chi connectivity index (χ1) is 9.70. The molecule has 5 nitrogen and oxygen atoms in total. The largest absolute Gasteiger partial charge is 0.486 e. The molecule has 0 atom stereocenters. The van der Waals surface area contributed by atoms with Crippen molar-refractivity contribution < 1.29 is 14.3 Å². The first-order valence-electron chi connectivity index (χ1n) is 6.75. The number of rotatable bonds is 6. The molecule has 2 rings (SSSR count). The van der Waals surface area contributed by atoms with Gasteiger partial charge in [0, 0.05) is 13.0 Å². The average molecular weight is 299 g/mol. The van der Waals surface area contributed by atoms with E-state index in [1.807, 2.05) is 12.1 Å². The summed E-state index contributed by atoms with van der Waals surface area (Å²) in [5, 5.41) is 3.40. The fourth-order valence-electron chi connectivity index (χ4n) is 2.01. The van der Waals surface area contributed by atoms with Crippen LogP contribution in [0.25, 0.3) is 0 Å². The number of hydrogen-bond acceptors (Lipinski definition) is 4. The lowest BCUT2D eigenvalue weighted by Gasteiger charge is -2.20. The number of nitrogens with two attached hydrogens (primary N) is 1. The van der Waals surface area contributed by atoms with Gasteiger partial charge in [0.1, 0.15) is 13.2 Å². The number of halogens is 1. The lowest BCUT2D eigenvalue weighted by Crippen LogP contribution is -2.26. The summed E-state index contributed by atoms with van der Waals surface area (Å²) in [6.07, 6.45) is 1.88. The number of carbonyl (C=O) groups is 1. The number of carbonyl (C=O) groups excluding carboxylic acids is 1. The van der Waals surface area contributed by atoms with Crippen molar-refractivity contribution in [3.05, 3.63) is 22.7 Å². The molecule has 1 aliphatic heterocycles. The van der Waals surface area contributed by atoms with Crippen LogP contribution in [0, 0.1) is 0 Å².